The third kappa shape index (κ3) is 3.56. The Morgan fingerprint density at radius 3 is 2.57 bits per heavy atom. The van der Waals surface area contributed by atoms with Gasteiger partial charge in [0.1, 0.15) is 0 Å². The summed E-state index contributed by atoms with van der Waals surface area (Å²) >= 11 is 0. The van der Waals surface area contributed by atoms with Crippen molar-refractivity contribution in [3.05, 3.63) is 35.7 Å². The van der Waals surface area contributed by atoms with Gasteiger partial charge < -0.3 is 21.6 Å². The van der Waals surface area contributed by atoms with Crippen LogP contribution < -0.4 is 16.4 Å². The highest BCUT2D eigenvalue weighted by Crippen LogP contribution is 2.32. The maximum absolute atomic E-state index is 12.8. The van der Waals surface area contributed by atoms with Crippen LogP contribution in [0.5, 0.6) is 0 Å². The molecule has 0 aliphatic rings. The SMILES string of the molecule is CN(c1cccc(C(F)(F)F)c1)c1nc(N)nc(C(N)=NO)n1. The monoisotopic (exact) mass is 327 g/mol. The zero-order valence-electron chi connectivity index (χ0n) is 11.8. The molecule has 1 aromatic carbocycles. The van der Waals surface area contributed by atoms with Gasteiger partial charge in [0.25, 0.3) is 0 Å². The van der Waals surface area contributed by atoms with Crippen molar-refractivity contribution in [3.63, 3.8) is 0 Å². The van der Waals surface area contributed by atoms with Crippen molar-refractivity contribution in [3.8, 4) is 0 Å². The van der Waals surface area contributed by atoms with Gasteiger partial charge in [-0.1, -0.05) is 11.2 Å². The second-order valence-electron chi connectivity index (χ2n) is 4.41. The number of rotatable bonds is 3. The molecule has 8 nitrogen and oxygen atoms in total. The van der Waals surface area contributed by atoms with Crippen molar-refractivity contribution in [1.82, 2.24) is 15.0 Å². The van der Waals surface area contributed by atoms with Crippen molar-refractivity contribution >= 4 is 23.4 Å². The van der Waals surface area contributed by atoms with E-state index in [9.17, 15) is 13.2 Å². The average molecular weight is 327 g/mol. The van der Waals surface area contributed by atoms with Crippen molar-refractivity contribution < 1.29 is 18.4 Å². The maximum atomic E-state index is 12.8. The quantitative estimate of drug-likeness (QED) is 0.336. The summed E-state index contributed by atoms with van der Waals surface area (Å²) in [5.74, 6) is -0.888. The van der Waals surface area contributed by atoms with E-state index in [1.54, 1.807) is 0 Å². The fourth-order valence-electron chi connectivity index (χ4n) is 1.70. The van der Waals surface area contributed by atoms with Crippen molar-refractivity contribution in [2.24, 2.45) is 10.9 Å². The van der Waals surface area contributed by atoms with Crippen LogP contribution in [0.2, 0.25) is 0 Å². The molecule has 0 unspecified atom stereocenters. The predicted octanol–water partition coefficient (Wildman–Crippen LogP) is 1.33. The van der Waals surface area contributed by atoms with Gasteiger partial charge in [0.15, 0.2) is 0 Å². The normalized spacial score (nSPS) is 12.3. The molecular formula is C12H12F3N7O. The van der Waals surface area contributed by atoms with Crippen molar-refractivity contribution in [1.29, 1.82) is 0 Å². The van der Waals surface area contributed by atoms with E-state index in [4.69, 9.17) is 16.7 Å². The number of halogens is 3. The van der Waals surface area contributed by atoms with Gasteiger partial charge in [-0.05, 0) is 18.2 Å². The minimum absolute atomic E-state index is 0.0570. The molecule has 0 fully saturated rings. The summed E-state index contributed by atoms with van der Waals surface area (Å²) in [6, 6.07) is 4.58. The topological polar surface area (TPSA) is 127 Å². The zero-order chi connectivity index (χ0) is 17.2. The van der Waals surface area contributed by atoms with Crippen LogP contribution in [-0.4, -0.2) is 33.0 Å². The molecule has 2 aromatic rings. The number of benzene rings is 1. The first-order chi connectivity index (χ1) is 10.7. The second-order valence-corrected chi connectivity index (χ2v) is 4.41. The first-order valence-corrected chi connectivity index (χ1v) is 6.13. The molecule has 0 atom stereocenters. The molecule has 1 heterocycles. The summed E-state index contributed by atoms with van der Waals surface area (Å²) < 4.78 is 38.3. The number of alkyl halides is 3. The van der Waals surface area contributed by atoms with E-state index < -0.39 is 17.6 Å². The Labute approximate surface area is 128 Å². The van der Waals surface area contributed by atoms with E-state index in [2.05, 4.69) is 20.1 Å². The Hall–Kier alpha value is -3.11. The Balaban J connectivity index is 2.45. The average Bonchev–Trinajstić information content (AvgIpc) is 2.52. The summed E-state index contributed by atoms with van der Waals surface area (Å²) in [5, 5.41) is 11.4. The fourth-order valence-corrected chi connectivity index (χ4v) is 1.70. The standard InChI is InChI=1S/C12H12F3N7O/c1-22(7-4-2-3-6(5-7)12(13,14)15)11-19-9(8(16)21-23)18-10(17)20-11/h2-5,23H,1H3,(H2,16,21)(H2,17,18,19,20). The zero-order valence-corrected chi connectivity index (χ0v) is 11.8. The molecule has 0 saturated heterocycles. The lowest BCUT2D eigenvalue weighted by Gasteiger charge is -2.19. The fraction of sp³-hybridized carbons (Fsp3) is 0.167. The summed E-state index contributed by atoms with van der Waals surface area (Å²) in [7, 11) is 1.44. The van der Waals surface area contributed by atoms with E-state index in [1.165, 1.54) is 24.1 Å². The molecule has 122 valence electrons. The highest BCUT2D eigenvalue weighted by molar-refractivity contribution is 5.93. The molecule has 0 spiro atoms. The van der Waals surface area contributed by atoms with Crippen LogP contribution in [0.15, 0.2) is 29.4 Å². The number of aromatic nitrogens is 3. The first-order valence-electron chi connectivity index (χ1n) is 6.13. The van der Waals surface area contributed by atoms with Gasteiger partial charge in [0, 0.05) is 12.7 Å². The Morgan fingerprint density at radius 1 is 1.26 bits per heavy atom. The van der Waals surface area contributed by atoms with Crippen molar-refractivity contribution in [2.75, 3.05) is 17.7 Å². The number of nitrogen functional groups attached to an aromatic ring is 1. The number of hydrogen-bond acceptors (Lipinski definition) is 7. The van der Waals surface area contributed by atoms with Gasteiger partial charge >= 0.3 is 6.18 Å². The number of oxime groups is 1. The van der Waals surface area contributed by atoms with E-state index >= 15 is 0 Å². The number of nitrogens with zero attached hydrogens (tertiary/aromatic N) is 5. The summed E-state index contributed by atoms with van der Waals surface area (Å²) in [6.45, 7) is 0. The maximum Gasteiger partial charge on any atom is 0.416 e. The molecule has 2 rings (SSSR count). The van der Waals surface area contributed by atoms with Crippen LogP contribution in [0.4, 0.5) is 30.8 Å². The van der Waals surface area contributed by atoms with Crippen LogP contribution in [-0.2, 0) is 6.18 Å². The highest BCUT2D eigenvalue weighted by atomic mass is 19.4. The highest BCUT2D eigenvalue weighted by Gasteiger charge is 2.30. The van der Waals surface area contributed by atoms with Crippen LogP contribution in [0.1, 0.15) is 11.4 Å². The van der Waals surface area contributed by atoms with E-state index in [0.717, 1.165) is 12.1 Å². The Bertz CT molecular complexity index is 748. The number of amidine groups is 1. The third-order valence-electron chi connectivity index (χ3n) is 2.84. The van der Waals surface area contributed by atoms with Gasteiger partial charge in [0.05, 0.1) is 5.56 Å². The number of nitrogens with two attached hydrogens (primary N) is 2. The van der Waals surface area contributed by atoms with Gasteiger partial charge in [-0.25, -0.2) is 0 Å². The predicted molar refractivity (Wildman–Crippen MR) is 76.3 cm³/mol. The van der Waals surface area contributed by atoms with Crippen LogP contribution >= 0.6 is 0 Å². The molecule has 0 aliphatic carbocycles. The van der Waals surface area contributed by atoms with E-state index in [-0.39, 0.29) is 23.4 Å². The lowest BCUT2D eigenvalue weighted by atomic mass is 10.2. The molecule has 11 heteroatoms. The minimum Gasteiger partial charge on any atom is -0.409 e. The lowest BCUT2D eigenvalue weighted by Crippen LogP contribution is -2.22. The molecule has 0 aliphatic heterocycles. The summed E-state index contributed by atoms with van der Waals surface area (Å²) in [4.78, 5) is 12.7. The first kappa shape index (κ1) is 16.3. The van der Waals surface area contributed by atoms with Crippen LogP contribution in [0, 0.1) is 0 Å². The molecule has 0 radical (unpaired) electrons. The van der Waals surface area contributed by atoms with Gasteiger partial charge in [-0.15, -0.1) is 0 Å². The Morgan fingerprint density at radius 2 is 1.96 bits per heavy atom. The smallest absolute Gasteiger partial charge is 0.409 e. The van der Waals surface area contributed by atoms with E-state index in [0.29, 0.717) is 0 Å². The van der Waals surface area contributed by atoms with Gasteiger partial charge in [-0.2, -0.15) is 28.1 Å². The number of anilines is 3. The van der Waals surface area contributed by atoms with Crippen LogP contribution in [0.3, 0.4) is 0 Å². The molecule has 0 saturated carbocycles. The summed E-state index contributed by atoms with van der Waals surface area (Å²) in [6.07, 6.45) is -4.48. The van der Waals surface area contributed by atoms with Gasteiger partial charge in [0.2, 0.25) is 23.6 Å². The molecule has 1 aromatic heterocycles. The van der Waals surface area contributed by atoms with Crippen LogP contribution in [0.25, 0.3) is 0 Å². The third-order valence-corrected chi connectivity index (χ3v) is 2.84. The molecular weight excluding hydrogens is 315 g/mol. The Kier molecular flexibility index (Phi) is 4.20. The minimum atomic E-state index is -4.48. The number of hydrogen-bond donors (Lipinski definition) is 3. The molecule has 23 heavy (non-hydrogen) atoms. The second kappa shape index (κ2) is 5.94. The van der Waals surface area contributed by atoms with E-state index in [1.807, 2.05) is 0 Å². The summed E-state index contributed by atoms with van der Waals surface area (Å²) in [5.41, 5.74) is 10.2. The molecule has 5 N–H and O–H groups in total. The largest absolute Gasteiger partial charge is 0.416 e. The molecule has 0 amide bonds. The van der Waals surface area contributed by atoms with Gasteiger partial charge in [-0.3, -0.25) is 0 Å². The lowest BCUT2D eigenvalue weighted by molar-refractivity contribution is -0.137. The molecule has 0 bridgehead atoms. The van der Waals surface area contributed by atoms with Crippen molar-refractivity contribution in [2.45, 2.75) is 6.18 Å².